The molecule has 3 heteroatoms. The summed E-state index contributed by atoms with van der Waals surface area (Å²) in [4.78, 5) is 0. The van der Waals surface area contributed by atoms with Gasteiger partial charge in [-0.25, -0.2) is 0 Å². The minimum absolute atomic E-state index is 0.569. The molecular formula is C52H86SiTi2. The molecular weight excluding hydrogens is 748 g/mol. The topological polar surface area (TPSA) is 0 Å². The van der Waals surface area contributed by atoms with Crippen molar-refractivity contribution in [2.45, 2.75) is 224 Å². The average Bonchev–Trinajstić information content (AvgIpc) is 3.87. The third-order valence-electron chi connectivity index (χ3n) is 15.8. The third-order valence-corrected chi connectivity index (χ3v) is 83.9. The van der Waals surface area contributed by atoms with Crippen LogP contribution in [0.2, 0.25) is 31.0 Å². The Hall–Kier alpha value is -0.435. The van der Waals surface area contributed by atoms with Gasteiger partial charge in [0.2, 0.25) is 0 Å². The van der Waals surface area contributed by atoms with E-state index in [1.54, 1.807) is 77.2 Å². The number of rotatable bonds is 20. The Morgan fingerprint density at radius 3 is 1.11 bits per heavy atom. The molecule has 0 amide bonds. The van der Waals surface area contributed by atoms with E-state index >= 15 is 0 Å². The van der Waals surface area contributed by atoms with E-state index in [4.69, 9.17) is 0 Å². The number of unbranched alkanes of at least 4 members (excludes halogenated alkanes) is 4. The monoisotopic (exact) mass is 835 g/mol. The van der Waals surface area contributed by atoms with E-state index in [9.17, 15) is 0 Å². The summed E-state index contributed by atoms with van der Waals surface area (Å²) in [5.41, 5.74) is 17.3. The van der Waals surface area contributed by atoms with Crippen LogP contribution in [0, 0.1) is 0 Å². The van der Waals surface area contributed by atoms with Gasteiger partial charge in [0.15, 0.2) is 0 Å². The summed E-state index contributed by atoms with van der Waals surface area (Å²) in [5, 5.41) is 0. The van der Waals surface area contributed by atoms with Crippen LogP contribution in [0.15, 0.2) is 35.4 Å². The standard InChI is InChI=1S/2C16H21.C4H8Si.4C4H9.2Ti/c2*1-10(2)13-8-14-6-12(5)7-16(14)15(9-13)11(3)4;1-2-4-5-3-1;4*1-3-4-2;;/h2*6-11H,1-5H3;1-4H2;4*1,3-4H2,2H3;;. The van der Waals surface area contributed by atoms with E-state index in [1.807, 2.05) is 22.3 Å². The SMILES string of the molecule is CCC[CH2][Ti]([CH2]CCC)([CH]1C(C)=Cc2c(C(C)C)cc(C(C)C)cc21)[Si]1([Ti]([CH2]CCC)([CH2]CCC)[CH]2C(C)=Cc3c(C(C)C)cc(C(C)C)cc32)CCCC1. The van der Waals surface area contributed by atoms with Gasteiger partial charge in [0.05, 0.1) is 0 Å². The van der Waals surface area contributed by atoms with Crippen LogP contribution in [-0.2, 0) is 31.7 Å². The molecule has 2 aromatic rings. The Kier molecular flexibility index (Phi) is 16.0. The molecule has 55 heavy (non-hydrogen) atoms. The molecule has 1 fully saturated rings. The van der Waals surface area contributed by atoms with Crippen LogP contribution in [0.5, 0.6) is 0 Å². The summed E-state index contributed by atoms with van der Waals surface area (Å²) in [5.74, 6) is 2.29. The predicted molar refractivity (Wildman–Crippen MR) is 245 cm³/mol. The second kappa shape index (κ2) is 19.3. The van der Waals surface area contributed by atoms with Gasteiger partial charge in [-0.15, -0.1) is 0 Å². The first-order valence-corrected chi connectivity index (χ1v) is 37.2. The summed E-state index contributed by atoms with van der Waals surface area (Å²) in [6, 6.07) is 14.4. The van der Waals surface area contributed by atoms with E-state index < -0.39 is 35.5 Å². The van der Waals surface area contributed by atoms with E-state index in [1.165, 1.54) is 51.4 Å². The van der Waals surface area contributed by atoms with E-state index in [0.717, 1.165) is 8.45 Å². The number of benzene rings is 2. The van der Waals surface area contributed by atoms with E-state index in [-0.39, 0.29) is 0 Å². The van der Waals surface area contributed by atoms with Crippen LogP contribution >= 0.6 is 0 Å². The van der Waals surface area contributed by atoms with Crippen molar-refractivity contribution >= 4 is 16.0 Å². The van der Waals surface area contributed by atoms with Gasteiger partial charge in [0, 0.05) is 0 Å². The maximum atomic E-state index is 2.84. The molecule has 2 unspecified atom stereocenters. The van der Waals surface area contributed by atoms with Gasteiger partial charge < -0.3 is 0 Å². The molecule has 0 aromatic heterocycles. The Bertz CT molecular complexity index is 1530. The van der Waals surface area contributed by atoms with Crippen molar-refractivity contribution < 1.29 is 31.7 Å². The Morgan fingerprint density at radius 1 is 0.509 bits per heavy atom. The third kappa shape index (κ3) is 8.35. The van der Waals surface area contributed by atoms with Gasteiger partial charge in [0.25, 0.3) is 0 Å². The van der Waals surface area contributed by atoms with Crippen molar-refractivity contribution in [2.24, 2.45) is 0 Å². The first-order chi connectivity index (χ1) is 26.2. The van der Waals surface area contributed by atoms with Crippen molar-refractivity contribution in [1.29, 1.82) is 0 Å². The van der Waals surface area contributed by atoms with E-state index in [0.29, 0.717) is 23.7 Å². The van der Waals surface area contributed by atoms with Crippen LogP contribution < -0.4 is 0 Å². The molecule has 0 radical (unpaired) electrons. The van der Waals surface area contributed by atoms with Crippen molar-refractivity contribution in [3.8, 4) is 0 Å². The zero-order valence-corrected chi connectivity index (χ0v) is 42.9. The number of allylic oxidation sites excluding steroid dienone is 2. The molecule has 3 aliphatic rings. The molecule has 1 saturated heterocycles. The molecule has 0 N–H and O–H groups in total. The molecule has 0 saturated carbocycles. The average molecular weight is 835 g/mol. The maximum absolute atomic E-state index is 2.84. The van der Waals surface area contributed by atoms with Gasteiger partial charge in [0.1, 0.15) is 0 Å². The second-order valence-electron chi connectivity index (χ2n) is 20.5. The summed E-state index contributed by atoms with van der Waals surface area (Å²) in [6.45, 7) is 35.3. The Balaban J connectivity index is 1.95. The van der Waals surface area contributed by atoms with Gasteiger partial charge in [-0.3, -0.25) is 0 Å². The molecule has 2 aromatic carbocycles. The molecule has 5 rings (SSSR count). The molecule has 0 spiro atoms. The molecule has 2 atom stereocenters. The van der Waals surface area contributed by atoms with Crippen LogP contribution in [-0.4, -0.2) is 3.81 Å². The second-order valence-corrected chi connectivity index (χ2v) is 56.7. The molecule has 0 bridgehead atoms. The van der Waals surface area contributed by atoms with Crippen LogP contribution in [0.25, 0.3) is 12.2 Å². The quantitative estimate of drug-likeness (QED) is 0.117. The molecule has 1 heterocycles. The number of hydrogen-bond acceptors (Lipinski definition) is 0. The zero-order valence-electron chi connectivity index (χ0n) is 38.7. The van der Waals surface area contributed by atoms with Gasteiger partial charge >= 0.3 is 352 Å². The van der Waals surface area contributed by atoms with E-state index in [2.05, 4.69) is 133 Å². The van der Waals surface area contributed by atoms with Gasteiger partial charge in [-0.2, -0.15) is 0 Å². The van der Waals surface area contributed by atoms with Gasteiger partial charge in [-0.05, 0) is 0 Å². The summed E-state index contributed by atoms with van der Waals surface area (Å²) in [6.07, 6.45) is 20.2. The van der Waals surface area contributed by atoms with Crippen LogP contribution in [0.1, 0.15) is 238 Å². The summed E-state index contributed by atoms with van der Waals surface area (Å²) < 4.78 is 6.47. The summed E-state index contributed by atoms with van der Waals surface area (Å²) >= 11 is -5.57. The zero-order chi connectivity index (χ0) is 40.3. The number of fused-ring (bicyclic) bond motifs is 2. The minimum atomic E-state index is -2.78. The number of hydrogen-bond donors (Lipinski definition) is 0. The van der Waals surface area contributed by atoms with Crippen LogP contribution in [0.4, 0.5) is 0 Å². The molecule has 2 aliphatic carbocycles. The first-order valence-electron chi connectivity index (χ1n) is 23.9. The fourth-order valence-corrected chi connectivity index (χ4v) is 107. The van der Waals surface area contributed by atoms with Crippen LogP contribution in [0.3, 0.4) is 0 Å². The Labute approximate surface area is 349 Å². The fourth-order valence-electron chi connectivity index (χ4n) is 13.2. The van der Waals surface area contributed by atoms with Crippen molar-refractivity contribution in [3.63, 3.8) is 0 Å². The fraction of sp³-hybridized carbons (Fsp3) is 0.692. The van der Waals surface area contributed by atoms with Gasteiger partial charge in [-0.1, -0.05) is 0 Å². The summed E-state index contributed by atoms with van der Waals surface area (Å²) in [7, 11) is 0. The predicted octanol–water partition coefficient (Wildman–Crippen LogP) is 18.2. The van der Waals surface area contributed by atoms with Crippen molar-refractivity contribution in [2.75, 3.05) is 0 Å². The van der Waals surface area contributed by atoms with Crippen molar-refractivity contribution in [3.05, 3.63) is 79.9 Å². The first kappa shape index (κ1) is 45.6. The molecule has 0 nitrogen and oxygen atoms in total. The molecule has 1 aliphatic heterocycles. The molecule has 306 valence electrons. The Morgan fingerprint density at radius 2 is 0.836 bits per heavy atom. The normalized spacial score (nSPS) is 19.6. The van der Waals surface area contributed by atoms with Crippen molar-refractivity contribution in [1.82, 2.24) is 0 Å².